The van der Waals surface area contributed by atoms with E-state index in [4.69, 9.17) is 14.5 Å². The summed E-state index contributed by atoms with van der Waals surface area (Å²) in [5.74, 6) is 2.38. The molecule has 162 valence electrons. The highest BCUT2D eigenvalue weighted by Crippen LogP contribution is 2.34. The number of benzene rings is 3. The first kappa shape index (κ1) is 21.5. The molecule has 1 amide bonds. The summed E-state index contributed by atoms with van der Waals surface area (Å²) in [6.45, 7) is 0. The second-order valence-electron chi connectivity index (χ2n) is 6.93. The molecule has 0 saturated heterocycles. The molecule has 0 bridgehead atoms. The van der Waals surface area contributed by atoms with Crippen LogP contribution in [0.1, 0.15) is 0 Å². The third-order valence-electron chi connectivity index (χ3n) is 4.79. The fraction of sp³-hybridized carbons (Fsp3) is 0.120. The highest BCUT2D eigenvalue weighted by molar-refractivity contribution is 8.00. The normalized spacial score (nSPS) is 10.6. The van der Waals surface area contributed by atoms with Crippen molar-refractivity contribution in [2.24, 2.45) is 0 Å². The molecule has 0 fully saturated rings. The molecule has 0 radical (unpaired) electrons. The van der Waals surface area contributed by atoms with Crippen LogP contribution in [0.4, 0.5) is 5.69 Å². The van der Waals surface area contributed by atoms with E-state index >= 15 is 0 Å². The quantitative estimate of drug-likeness (QED) is 0.351. The van der Waals surface area contributed by atoms with Crippen molar-refractivity contribution in [3.63, 3.8) is 0 Å². The third-order valence-corrected chi connectivity index (χ3v) is 5.77. The summed E-state index contributed by atoms with van der Waals surface area (Å²) in [6, 6.07) is 24.9. The van der Waals surface area contributed by atoms with Crippen molar-refractivity contribution in [2.75, 3.05) is 25.3 Å². The fourth-order valence-electron chi connectivity index (χ4n) is 3.17. The van der Waals surface area contributed by atoms with Gasteiger partial charge in [-0.3, -0.25) is 4.79 Å². The Morgan fingerprint density at radius 3 is 2.38 bits per heavy atom. The number of carbonyl (C=O) groups excluding carboxylic acids is 1. The number of H-pyrrole nitrogens is 1. The van der Waals surface area contributed by atoms with Crippen molar-refractivity contribution in [1.29, 1.82) is 0 Å². The number of aromatic amines is 1. The Kier molecular flexibility index (Phi) is 6.77. The maximum Gasteiger partial charge on any atom is 0.234 e. The Hall–Kier alpha value is -3.71. The molecule has 0 aliphatic rings. The van der Waals surface area contributed by atoms with Crippen LogP contribution < -0.4 is 14.8 Å². The van der Waals surface area contributed by atoms with Gasteiger partial charge in [0, 0.05) is 16.8 Å². The van der Waals surface area contributed by atoms with Gasteiger partial charge >= 0.3 is 0 Å². The first-order valence-electron chi connectivity index (χ1n) is 10.0. The lowest BCUT2D eigenvalue weighted by Gasteiger charge is -2.06. The van der Waals surface area contributed by atoms with Crippen LogP contribution in [0.5, 0.6) is 11.5 Å². The number of ether oxygens (including phenoxy) is 2. The van der Waals surface area contributed by atoms with Crippen LogP contribution in [0, 0.1) is 0 Å². The van der Waals surface area contributed by atoms with Crippen molar-refractivity contribution < 1.29 is 14.3 Å². The van der Waals surface area contributed by atoms with E-state index < -0.39 is 0 Å². The van der Waals surface area contributed by atoms with Gasteiger partial charge in [0.1, 0.15) is 22.3 Å². The van der Waals surface area contributed by atoms with E-state index in [2.05, 4.69) is 10.3 Å². The first-order valence-corrected chi connectivity index (χ1v) is 11.0. The van der Waals surface area contributed by atoms with Crippen molar-refractivity contribution >= 4 is 23.4 Å². The Labute approximate surface area is 191 Å². The van der Waals surface area contributed by atoms with Crippen molar-refractivity contribution in [3.05, 3.63) is 78.9 Å². The van der Waals surface area contributed by atoms with Crippen LogP contribution in [0.15, 0.2) is 83.9 Å². The minimum atomic E-state index is -0.0900. The summed E-state index contributed by atoms with van der Waals surface area (Å²) in [7, 11) is 3.27. The number of nitrogens with zero attached hydrogens (tertiary/aromatic N) is 1. The zero-order chi connectivity index (χ0) is 22.3. The maximum atomic E-state index is 12.5. The molecule has 6 nitrogen and oxygen atoms in total. The lowest BCUT2D eigenvalue weighted by molar-refractivity contribution is -0.113. The number of nitrogens with one attached hydrogen (secondary N) is 2. The lowest BCUT2D eigenvalue weighted by Crippen LogP contribution is -2.13. The average molecular weight is 446 g/mol. The molecule has 1 aromatic heterocycles. The number of rotatable bonds is 8. The van der Waals surface area contributed by atoms with E-state index in [1.54, 1.807) is 14.2 Å². The van der Waals surface area contributed by atoms with Gasteiger partial charge in [-0.2, -0.15) is 0 Å². The van der Waals surface area contributed by atoms with Crippen LogP contribution >= 0.6 is 11.8 Å². The highest BCUT2D eigenvalue weighted by atomic mass is 32.2. The predicted octanol–water partition coefficient (Wildman–Crippen LogP) is 5.49. The number of imidazole rings is 1. The van der Waals surface area contributed by atoms with E-state index in [0.29, 0.717) is 5.82 Å². The molecule has 2 N–H and O–H groups in total. The minimum absolute atomic E-state index is 0.0900. The average Bonchev–Trinajstić information content (AvgIpc) is 3.28. The number of para-hydroxylation sites is 1. The van der Waals surface area contributed by atoms with E-state index in [9.17, 15) is 4.79 Å². The molecule has 1 heterocycles. The molecule has 0 aliphatic carbocycles. The number of hydrogen-bond donors (Lipinski definition) is 2. The number of methoxy groups -OCH3 is 2. The third kappa shape index (κ3) is 5.12. The van der Waals surface area contributed by atoms with Crippen LogP contribution in [0.2, 0.25) is 0 Å². The van der Waals surface area contributed by atoms with E-state index in [-0.39, 0.29) is 11.7 Å². The van der Waals surface area contributed by atoms with Crippen molar-refractivity contribution in [1.82, 2.24) is 9.97 Å². The van der Waals surface area contributed by atoms with Gasteiger partial charge in [0.05, 0.1) is 25.7 Å². The second-order valence-corrected chi connectivity index (χ2v) is 7.89. The number of carbonyl (C=O) groups is 1. The maximum absolute atomic E-state index is 12.5. The number of thioether (sulfide) groups is 1. The summed E-state index contributed by atoms with van der Waals surface area (Å²) in [6.07, 6.45) is 0. The van der Waals surface area contributed by atoms with Gasteiger partial charge < -0.3 is 19.8 Å². The Morgan fingerprint density at radius 2 is 1.66 bits per heavy atom. The van der Waals surface area contributed by atoms with Crippen LogP contribution in [0.25, 0.3) is 22.6 Å². The molecule has 0 unspecified atom stereocenters. The molecular weight excluding hydrogens is 422 g/mol. The monoisotopic (exact) mass is 445 g/mol. The Morgan fingerprint density at radius 1 is 0.906 bits per heavy atom. The van der Waals surface area contributed by atoms with Gasteiger partial charge in [-0.05, 0) is 48.5 Å². The second kappa shape index (κ2) is 10.1. The molecule has 0 saturated carbocycles. The largest absolute Gasteiger partial charge is 0.497 e. The SMILES string of the molecule is COc1ccc(-c2[nH]c(-c3cccc(OC)c3)nc2SCC(=O)Nc2ccccc2)cc1. The number of aromatic nitrogens is 2. The fourth-order valence-corrected chi connectivity index (χ4v) is 3.98. The number of amides is 1. The summed E-state index contributed by atoms with van der Waals surface area (Å²) < 4.78 is 10.6. The van der Waals surface area contributed by atoms with Gasteiger partial charge in [-0.25, -0.2) is 4.98 Å². The van der Waals surface area contributed by atoms with Gasteiger partial charge in [0.2, 0.25) is 5.91 Å². The Balaban J connectivity index is 1.61. The molecule has 0 aliphatic heterocycles. The molecular formula is C25H23N3O3S. The highest BCUT2D eigenvalue weighted by Gasteiger charge is 2.16. The summed E-state index contributed by atoms with van der Waals surface area (Å²) in [4.78, 5) is 20.7. The van der Waals surface area contributed by atoms with Crippen molar-refractivity contribution in [2.45, 2.75) is 5.03 Å². The van der Waals surface area contributed by atoms with Crippen LogP contribution in [-0.4, -0.2) is 35.8 Å². The van der Waals surface area contributed by atoms with Gasteiger partial charge in [0.25, 0.3) is 0 Å². The first-order chi connectivity index (χ1) is 15.7. The van der Waals surface area contributed by atoms with E-state index in [1.807, 2.05) is 78.9 Å². The van der Waals surface area contributed by atoms with Crippen molar-refractivity contribution in [3.8, 4) is 34.1 Å². The minimum Gasteiger partial charge on any atom is -0.497 e. The number of anilines is 1. The molecule has 0 spiro atoms. The van der Waals surface area contributed by atoms with E-state index in [0.717, 1.165) is 39.0 Å². The molecule has 7 heteroatoms. The van der Waals surface area contributed by atoms with Crippen LogP contribution in [-0.2, 0) is 4.79 Å². The van der Waals surface area contributed by atoms with Gasteiger partial charge in [-0.1, -0.05) is 42.1 Å². The molecule has 3 aromatic carbocycles. The zero-order valence-corrected chi connectivity index (χ0v) is 18.6. The molecule has 0 atom stereocenters. The van der Waals surface area contributed by atoms with Gasteiger partial charge in [-0.15, -0.1) is 0 Å². The predicted molar refractivity (Wildman–Crippen MR) is 128 cm³/mol. The molecule has 4 rings (SSSR count). The standard InChI is InChI=1S/C25H23N3O3S/c1-30-20-13-11-17(12-14-20)23-25(32-16-22(29)26-19-8-4-3-5-9-19)28-24(27-23)18-7-6-10-21(15-18)31-2/h3-15H,16H2,1-2H3,(H,26,29)(H,27,28). The Bertz CT molecular complexity index is 1190. The number of hydrogen-bond acceptors (Lipinski definition) is 5. The van der Waals surface area contributed by atoms with Crippen LogP contribution in [0.3, 0.4) is 0 Å². The molecule has 32 heavy (non-hydrogen) atoms. The zero-order valence-electron chi connectivity index (χ0n) is 17.8. The van der Waals surface area contributed by atoms with E-state index in [1.165, 1.54) is 11.8 Å². The lowest BCUT2D eigenvalue weighted by atomic mass is 10.1. The summed E-state index contributed by atoms with van der Waals surface area (Å²) >= 11 is 1.39. The smallest absolute Gasteiger partial charge is 0.234 e. The topological polar surface area (TPSA) is 76.2 Å². The van der Waals surface area contributed by atoms with Gasteiger partial charge in [0.15, 0.2) is 0 Å². The molecule has 4 aromatic rings. The summed E-state index contributed by atoms with van der Waals surface area (Å²) in [5.41, 5.74) is 3.48. The summed E-state index contributed by atoms with van der Waals surface area (Å²) in [5, 5.41) is 3.66.